The first-order valence-corrected chi connectivity index (χ1v) is 36.6. The first-order chi connectivity index (χ1) is 44.6. The van der Waals surface area contributed by atoms with Gasteiger partial charge in [-0.15, -0.1) is 0 Å². The summed E-state index contributed by atoms with van der Waals surface area (Å²) in [5.41, 5.74) is 10.1. The Morgan fingerprint density at radius 3 is 1.31 bits per heavy atom. The zero-order valence-corrected chi connectivity index (χ0v) is 60.1. The van der Waals surface area contributed by atoms with Gasteiger partial charge in [-0.1, -0.05) is 133 Å². The SMILES string of the molecule is CCCNS(=O)(=O)Cc1ncnc(OCCOc2ncnc(NS(=O)(=O)NCCC)c2-c2ccc(Br)cc2)c1-c1ccc(Br)cc1.CCCNS(=O)(=O)Nc1nc[nH]c(=O)c1-c1ccc(Br)cc1.Nc1ncnc(OCCOc2ncc(Br)cn2)c1-c1ccc(Br)cc1. The van der Waals surface area contributed by atoms with E-state index in [4.69, 9.17) is 24.7 Å². The number of nitrogen functional groups attached to an aromatic ring is 1. The molecule has 0 aliphatic rings. The minimum atomic E-state index is -3.91. The monoisotopic (exact) mass is 1650 g/mol. The summed E-state index contributed by atoms with van der Waals surface area (Å²) in [5.74, 6) is 0.699. The first kappa shape index (κ1) is 73.2. The van der Waals surface area contributed by atoms with Crippen LogP contribution in [0.4, 0.5) is 17.5 Å². The van der Waals surface area contributed by atoms with Gasteiger partial charge in [0.05, 0.1) is 38.7 Å². The van der Waals surface area contributed by atoms with Crippen LogP contribution in [0.2, 0.25) is 0 Å². The van der Waals surface area contributed by atoms with Crippen molar-refractivity contribution in [3.8, 4) is 68.2 Å². The number of nitrogens with one attached hydrogen (secondary N) is 6. The molecule has 0 saturated heterocycles. The molecule has 9 aromatic rings. The van der Waals surface area contributed by atoms with Crippen LogP contribution in [0.3, 0.4) is 0 Å². The summed E-state index contributed by atoms with van der Waals surface area (Å²) >= 11 is 16.8. The molecule has 0 atom stereocenters. The van der Waals surface area contributed by atoms with Crippen LogP contribution in [-0.4, -0.2) is 121 Å². The summed E-state index contributed by atoms with van der Waals surface area (Å²) in [6, 6.07) is 29.3. The minimum Gasteiger partial charge on any atom is -0.474 e. The molecule has 0 bridgehead atoms. The number of nitrogens with two attached hydrogens (primary N) is 1. The molecule has 27 nitrogen and oxygen atoms in total. The number of sulfonamides is 1. The molecule has 0 fully saturated rings. The third-order valence-electron chi connectivity index (χ3n) is 12.1. The number of aromatic nitrogens is 10. The molecule has 5 heterocycles. The second-order valence-corrected chi connectivity index (χ2v) is 28.4. The molecule has 0 saturated carbocycles. The van der Waals surface area contributed by atoms with E-state index in [1.165, 1.54) is 19.0 Å². The summed E-state index contributed by atoms with van der Waals surface area (Å²) in [6.07, 6.45) is 10.1. The zero-order valence-electron chi connectivity index (χ0n) is 49.7. The van der Waals surface area contributed by atoms with E-state index >= 15 is 0 Å². The van der Waals surface area contributed by atoms with Crippen LogP contribution in [0.15, 0.2) is 162 Å². The Balaban J connectivity index is 0.000000218. The van der Waals surface area contributed by atoms with Crippen LogP contribution in [0.25, 0.3) is 44.5 Å². The highest BCUT2D eigenvalue weighted by Crippen LogP contribution is 2.37. The fourth-order valence-electron chi connectivity index (χ4n) is 7.91. The molecule has 93 heavy (non-hydrogen) atoms. The lowest BCUT2D eigenvalue weighted by atomic mass is 10.1. The average Bonchev–Trinajstić information content (AvgIpc) is 0.901. The van der Waals surface area contributed by atoms with Crippen molar-refractivity contribution in [2.24, 2.45) is 0 Å². The Labute approximate surface area is 579 Å². The van der Waals surface area contributed by atoms with Crippen molar-refractivity contribution in [1.29, 1.82) is 0 Å². The van der Waals surface area contributed by atoms with E-state index in [1.54, 1.807) is 60.9 Å². The first-order valence-electron chi connectivity index (χ1n) is 28.0. The Hall–Kier alpha value is -7.19. The molecule has 0 amide bonds. The number of benzene rings is 4. The maximum absolute atomic E-state index is 12.8. The van der Waals surface area contributed by atoms with Gasteiger partial charge in [0, 0.05) is 49.9 Å². The van der Waals surface area contributed by atoms with E-state index in [1.807, 2.05) is 69.3 Å². The van der Waals surface area contributed by atoms with Crippen LogP contribution in [0.1, 0.15) is 45.7 Å². The normalized spacial score (nSPS) is 11.3. The molecule has 9 rings (SSSR count). The predicted molar refractivity (Wildman–Crippen MR) is 372 cm³/mol. The molecule has 4 aromatic carbocycles. The highest BCUT2D eigenvalue weighted by Gasteiger charge is 2.24. The van der Waals surface area contributed by atoms with Gasteiger partial charge >= 0.3 is 6.01 Å². The Morgan fingerprint density at radius 1 is 0.441 bits per heavy atom. The van der Waals surface area contributed by atoms with Gasteiger partial charge in [-0.3, -0.25) is 14.2 Å². The van der Waals surface area contributed by atoms with Crippen molar-refractivity contribution < 1.29 is 44.2 Å². The standard InChI is InChI=1S/C29H33Br2N7O6S2.C16H13Br2N5O2.C13H15BrN4O3S/c1-3-13-36-45(39,40)17-24-25(20-5-9-22(30)10-6-20)28(34-18-32-24)43-15-16-44-29-26(21-7-11-23(31)12-8-21)27(33-19-35-29)38-46(41,42)37-14-4-2;17-11-3-1-10(2-4-11)13-14(19)22-9-23-15(13)24-5-6-25-16-20-7-12(18)8-21-16;1-2-7-17-22(20,21)18-12-11(13(19)16-8-15-12)9-3-5-10(14)6-4-9/h5-12,18-19,36-37H,3-4,13-17H2,1-2H3,(H,33,35,38);1-4,7-9H,5-6H2,(H2,19,22,23);3-6,8,17H,2,7H2,1H3,(H2,15,16,18,19). The van der Waals surface area contributed by atoms with E-state index in [0.717, 1.165) is 34.3 Å². The number of rotatable bonds is 29. The number of anilines is 3. The molecular weight excluding hydrogens is 1590 g/mol. The second-order valence-electron chi connectivity index (χ2n) is 19.1. The molecule has 5 aromatic heterocycles. The van der Waals surface area contributed by atoms with Gasteiger partial charge in [-0.2, -0.15) is 26.3 Å². The van der Waals surface area contributed by atoms with Crippen LogP contribution in [0.5, 0.6) is 23.7 Å². The fraction of sp³-hybridized carbons (Fsp3) is 0.241. The van der Waals surface area contributed by atoms with Crippen LogP contribution >= 0.6 is 79.6 Å². The molecule has 35 heteroatoms. The lowest BCUT2D eigenvalue weighted by Gasteiger charge is -2.17. The summed E-state index contributed by atoms with van der Waals surface area (Å²) < 4.78 is 114. The summed E-state index contributed by atoms with van der Waals surface area (Å²) in [7, 11) is -11.4. The van der Waals surface area contributed by atoms with Gasteiger partial charge < -0.3 is 29.7 Å². The summed E-state index contributed by atoms with van der Waals surface area (Å²) in [5, 5.41) is 0. The smallest absolute Gasteiger partial charge is 0.316 e. The van der Waals surface area contributed by atoms with E-state index in [9.17, 15) is 30.0 Å². The zero-order chi connectivity index (χ0) is 67.0. The number of halogens is 5. The highest BCUT2D eigenvalue weighted by molar-refractivity contribution is 9.11. The van der Waals surface area contributed by atoms with Crippen molar-refractivity contribution in [2.45, 2.75) is 45.8 Å². The number of hydrogen-bond acceptors (Lipinski definition) is 21. The van der Waals surface area contributed by atoms with Crippen LogP contribution in [-0.2, 0) is 36.2 Å². The molecule has 0 spiro atoms. The largest absolute Gasteiger partial charge is 0.474 e. The van der Waals surface area contributed by atoms with E-state index < -0.39 is 36.0 Å². The van der Waals surface area contributed by atoms with Gasteiger partial charge in [-0.25, -0.2) is 58.0 Å². The van der Waals surface area contributed by atoms with Crippen LogP contribution in [0, 0.1) is 0 Å². The van der Waals surface area contributed by atoms with Gasteiger partial charge in [-0.05, 0) is 106 Å². The third-order valence-corrected chi connectivity index (χ3v) is 18.0. The Bertz CT molecular complexity index is 4180. The third kappa shape index (κ3) is 23.1. The van der Waals surface area contributed by atoms with Crippen molar-refractivity contribution in [3.05, 3.63) is 173 Å². The minimum absolute atomic E-state index is 0.0102. The van der Waals surface area contributed by atoms with Gasteiger partial charge in [0.15, 0.2) is 11.6 Å². The molecule has 8 N–H and O–H groups in total. The number of H-pyrrole nitrogens is 1. The molecule has 492 valence electrons. The molecule has 0 aliphatic carbocycles. The maximum atomic E-state index is 12.8. The lowest BCUT2D eigenvalue weighted by molar-refractivity contribution is 0.202. The number of ether oxygens (including phenoxy) is 4. The van der Waals surface area contributed by atoms with E-state index in [-0.39, 0.29) is 79.4 Å². The van der Waals surface area contributed by atoms with E-state index in [0.29, 0.717) is 77.4 Å². The lowest BCUT2D eigenvalue weighted by Crippen LogP contribution is -2.32. The number of nitrogens with zero attached hydrogens (tertiary/aromatic N) is 9. The second kappa shape index (κ2) is 35.9. The molecule has 0 aliphatic heterocycles. The number of hydrogen-bond donors (Lipinski definition) is 7. The highest BCUT2D eigenvalue weighted by atomic mass is 79.9. The average molecular weight is 1650 g/mol. The maximum Gasteiger partial charge on any atom is 0.316 e. The summed E-state index contributed by atoms with van der Waals surface area (Å²) in [6.45, 7) is 6.94. The van der Waals surface area contributed by atoms with Crippen molar-refractivity contribution in [2.75, 3.05) is 61.2 Å². The molecule has 0 unspecified atom stereocenters. The van der Waals surface area contributed by atoms with Gasteiger partial charge in [0.1, 0.15) is 57.0 Å². The Kier molecular flexibility index (Phi) is 28.3. The van der Waals surface area contributed by atoms with Crippen molar-refractivity contribution in [1.82, 2.24) is 64.0 Å². The topological polar surface area (TPSA) is 374 Å². The Morgan fingerprint density at radius 2 is 0.828 bits per heavy atom. The quantitative estimate of drug-likeness (QED) is 0.0214. The van der Waals surface area contributed by atoms with Crippen molar-refractivity contribution in [3.63, 3.8) is 0 Å². The summed E-state index contributed by atoms with van der Waals surface area (Å²) in [4.78, 5) is 51.7. The van der Waals surface area contributed by atoms with Crippen LogP contribution < -0.4 is 53.9 Å². The van der Waals surface area contributed by atoms with Gasteiger partial charge in [0.2, 0.25) is 27.7 Å². The molecular formula is C58H61Br5N16O11S3. The predicted octanol–water partition coefficient (Wildman–Crippen LogP) is 10.4. The van der Waals surface area contributed by atoms with Gasteiger partial charge in [0.25, 0.3) is 26.0 Å². The van der Waals surface area contributed by atoms with Crippen molar-refractivity contribution >= 4 is 128 Å². The molecule has 0 radical (unpaired) electrons. The van der Waals surface area contributed by atoms with E-state index in [2.05, 4.69) is 153 Å². The fourth-order valence-corrected chi connectivity index (χ4v) is 12.3. The number of aromatic amines is 1.